The number of unbranched alkanes of at least 4 members (excludes halogenated alkanes) is 1. The molecule has 0 rings (SSSR count). The van der Waals surface area contributed by atoms with Crippen molar-refractivity contribution in [2.45, 2.75) is 52.5 Å². The number of carboxylic acid groups (broad SMARTS) is 1. The van der Waals surface area contributed by atoms with Crippen LogP contribution in [-0.2, 0) is 14.8 Å². The van der Waals surface area contributed by atoms with Gasteiger partial charge in [-0.2, -0.15) is 0 Å². The standard InChI is InChI=1S/C11H23NO4S/c1-4-6-7-10(11(13)14)12-17(15,16)8-9(3)5-2/h9-10,12H,4-8H2,1-3H3,(H,13,14)/t9?,10-/m0/s1. The van der Waals surface area contributed by atoms with Crippen molar-refractivity contribution in [1.29, 1.82) is 0 Å². The molecule has 0 aromatic carbocycles. The molecular formula is C11H23NO4S. The zero-order valence-corrected chi connectivity index (χ0v) is 11.6. The Morgan fingerprint density at radius 1 is 1.35 bits per heavy atom. The molecule has 17 heavy (non-hydrogen) atoms. The molecule has 0 aromatic rings. The number of carboxylic acids is 1. The highest BCUT2D eigenvalue weighted by atomic mass is 32.2. The quantitative estimate of drug-likeness (QED) is 0.663. The molecule has 0 heterocycles. The molecule has 0 spiro atoms. The summed E-state index contributed by atoms with van der Waals surface area (Å²) in [6.45, 7) is 5.68. The van der Waals surface area contributed by atoms with Crippen LogP contribution in [0.3, 0.4) is 0 Å². The predicted molar refractivity (Wildman–Crippen MR) is 67.3 cm³/mol. The summed E-state index contributed by atoms with van der Waals surface area (Å²) in [4.78, 5) is 10.9. The molecule has 102 valence electrons. The second kappa shape index (κ2) is 7.66. The Labute approximate surface area is 104 Å². The summed E-state index contributed by atoms with van der Waals surface area (Å²) in [5.41, 5.74) is 0. The van der Waals surface area contributed by atoms with Crippen molar-refractivity contribution < 1.29 is 18.3 Å². The molecule has 0 aromatic heterocycles. The topological polar surface area (TPSA) is 83.5 Å². The summed E-state index contributed by atoms with van der Waals surface area (Å²) in [6.07, 6.45) is 2.64. The summed E-state index contributed by atoms with van der Waals surface area (Å²) in [5, 5.41) is 8.93. The summed E-state index contributed by atoms with van der Waals surface area (Å²) < 4.78 is 25.7. The van der Waals surface area contributed by atoms with Crippen LogP contribution in [-0.4, -0.2) is 31.3 Å². The van der Waals surface area contributed by atoms with E-state index in [1.54, 1.807) is 0 Å². The maximum Gasteiger partial charge on any atom is 0.321 e. The molecule has 1 unspecified atom stereocenters. The third kappa shape index (κ3) is 7.33. The Morgan fingerprint density at radius 3 is 2.35 bits per heavy atom. The van der Waals surface area contributed by atoms with Crippen LogP contribution in [0.2, 0.25) is 0 Å². The first kappa shape index (κ1) is 16.4. The number of aliphatic carboxylic acids is 1. The molecule has 0 fully saturated rings. The van der Waals surface area contributed by atoms with Gasteiger partial charge >= 0.3 is 5.97 Å². The highest BCUT2D eigenvalue weighted by molar-refractivity contribution is 7.89. The molecule has 0 radical (unpaired) electrons. The second-order valence-electron chi connectivity index (χ2n) is 4.45. The molecule has 0 bridgehead atoms. The van der Waals surface area contributed by atoms with Gasteiger partial charge in [0.15, 0.2) is 0 Å². The molecule has 0 saturated carbocycles. The molecule has 5 nitrogen and oxygen atoms in total. The molecule has 0 aliphatic carbocycles. The van der Waals surface area contributed by atoms with Crippen molar-refractivity contribution in [1.82, 2.24) is 4.72 Å². The number of hydrogen-bond acceptors (Lipinski definition) is 3. The van der Waals surface area contributed by atoms with Crippen LogP contribution >= 0.6 is 0 Å². The average molecular weight is 265 g/mol. The Kier molecular flexibility index (Phi) is 7.38. The molecule has 6 heteroatoms. The van der Waals surface area contributed by atoms with E-state index in [1.165, 1.54) is 0 Å². The maximum atomic E-state index is 11.7. The first-order chi connectivity index (χ1) is 7.82. The van der Waals surface area contributed by atoms with Gasteiger partial charge in [-0.25, -0.2) is 13.1 Å². The fourth-order valence-corrected chi connectivity index (χ4v) is 3.13. The smallest absolute Gasteiger partial charge is 0.321 e. The van der Waals surface area contributed by atoms with Crippen molar-refractivity contribution in [3.63, 3.8) is 0 Å². The van der Waals surface area contributed by atoms with Gasteiger partial charge in [-0.15, -0.1) is 0 Å². The van der Waals surface area contributed by atoms with E-state index in [1.807, 2.05) is 20.8 Å². The number of sulfonamides is 1. The lowest BCUT2D eigenvalue weighted by molar-refractivity contribution is -0.139. The van der Waals surface area contributed by atoms with Crippen LogP contribution in [0.25, 0.3) is 0 Å². The second-order valence-corrected chi connectivity index (χ2v) is 6.24. The van der Waals surface area contributed by atoms with Gasteiger partial charge in [0.05, 0.1) is 5.75 Å². The predicted octanol–water partition coefficient (Wildman–Crippen LogP) is 1.60. The minimum atomic E-state index is -3.50. The SMILES string of the molecule is CCCC[C@H](NS(=O)(=O)CC(C)CC)C(=O)O. The molecule has 0 saturated heterocycles. The van der Waals surface area contributed by atoms with Gasteiger partial charge in [0.25, 0.3) is 0 Å². The van der Waals surface area contributed by atoms with Crippen molar-refractivity contribution in [3.8, 4) is 0 Å². The molecular weight excluding hydrogens is 242 g/mol. The maximum absolute atomic E-state index is 11.7. The molecule has 0 aliphatic heterocycles. The van der Waals surface area contributed by atoms with E-state index in [9.17, 15) is 13.2 Å². The van der Waals surface area contributed by atoms with Gasteiger partial charge in [-0.05, 0) is 12.3 Å². The molecule has 2 N–H and O–H groups in total. The van der Waals surface area contributed by atoms with Crippen molar-refractivity contribution in [2.24, 2.45) is 5.92 Å². The lowest BCUT2D eigenvalue weighted by Crippen LogP contribution is -2.42. The molecule has 0 aliphatic rings. The average Bonchev–Trinajstić information content (AvgIpc) is 2.22. The first-order valence-electron chi connectivity index (χ1n) is 6.05. The monoisotopic (exact) mass is 265 g/mol. The van der Waals surface area contributed by atoms with E-state index in [4.69, 9.17) is 5.11 Å². The summed E-state index contributed by atoms with van der Waals surface area (Å²) in [6, 6.07) is -0.996. The Bertz CT molecular complexity index is 326. The van der Waals surface area contributed by atoms with Gasteiger partial charge < -0.3 is 5.11 Å². The zero-order chi connectivity index (χ0) is 13.5. The van der Waals surface area contributed by atoms with Gasteiger partial charge in [0, 0.05) is 0 Å². The van der Waals surface area contributed by atoms with Gasteiger partial charge in [0.2, 0.25) is 10.0 Å². The number of hydrogen-bond donors (Lipinski definition) is 2. The summed E-state index contributed by atoms with van der Waals surface area (Å²) in [5.74, 6) is -1.08. The highest BCUT2D eigenvalue weighted by Gasteiger charge is 2.24. The first-order valence-corrected chi connectivity index (χ1v) is 7.70. The lowest BCUT2D eigenvalue weighted by atomic mass is 10.1. The van der Waals surface area contributed by atoms with E-state index >= 15 is 0 Å². The minimum absolute atomic E-state index is 0.0145. The highest BCUT2D eigenvalue weighted by Crippen LogP contribution is 2.07. The van der Waals surface area contributed by atoms with E-state index in [-0.39, 0.29) is 11.7 Å². The number of carbonyl (C=O) groups is 1. The number of rotatable bonds is 9. The van der Waals surface area contributed by atoms with Crippen LogP contribution < -0.4 is 4.72 Å². The summed E-state index contributed by atoms with van der Waals surface area (Å²) >= 11 is 0. The van der Waals surface area contributed by atoms with E-state index in [2.05, 4.69) is 4.72 Å². The van der Waals surface area contributed by atoms with Crippen molar-refractivity contribution in [3.05, 3.63) is 0 Å². The van der Waals surface area contributed by atoms with Crippen molar-refractivity contribution in [2.75, 3.05) is 5.75 Å². The van der Waals surface area contributed by atoms with Gasteiger partial charge in [-0.1, -0.05) is 40.0 Å². The largest absolute Gasteiger partial charge is 0.480 e. The van der Waals surface area contributed by atoms with E-state index in [0.29, 0.717) is 12.8 Å². The van der Waals surface area contributed by atoms with Crippen LogP contribution in [0.5, 0.6) is 0 Å². The van der Waals surface area contributed by atoms with E-state index < -0.39 is 22.0 Å². The van der Waals surface area contributed by atoms with Crippen LogP contribution in [0.1, 0.15) is 46.5 Å². The Balaban J connectivity index is 4.47. The minimum Gasteiger partial charge on any atom is -0.480 e. The third-order valence-corrected chi connectivity index (χ3v) is 4.32. The zero-order valence-electron chi connectivity index (χ0n) is 10.8. The van der Waals surface area contributed by atoms with Gasteiger partial charge in [-0.3, -0.25) is 4.79 Å². The molecule has 2 atom stereocenters. The summed E-state index contributed by atoms with van der Waals surface area (Å²) in [7, 11) is -3.50. The van der Waals surface area contributed by atoms with Crippen molar-refractivity contribution >= 4 is 16.0 Å². The van der Waals surface area contributed by atoms with Crippen LogP contribution in [0, 0.1) is 5.92 Å². The normalized spacial score (nSPS) is 15.5. The number of nitrogens with one attached hydrogen (secondary N) is 1. The van der Waals surface area contributed by atoms with Crippen LogP contribution in [0.4, 0.5) is 0 Å². The fraction of sp³-hybridized carbons (Fsp3) is 0.909. The Hall–Kier alpha value is -0.620. The van der Waals surface area contributed by atoms with Crippen LogP contribution in [0.15, 0.2) is 0 Å². The van der Waals surface area contributed by atoms with Gasteiger partial charge in [0.1, 0.15) is 6.04 Å². The lowest BCUT2D eigenvalue weighted by Gasteiger charge is -2.16. The van der Waals surface area contributed by atoms with E-state index in [0.717, 1.165) is 12.8 Å². The third-order valence-electron chi connectivity index (χ3n) is 2.67. The molecule has 0 amide bonds. The Morgan fingerprint density at radius 2 is 1.94 bits per heavy atom. The fourth-order valence-electron chi connectivity index (χ4n) is 1.40.